The smallest absolute Gasteiger partial charge is 0.186 e. The Morgan fingerprint density at radius 3 is 1.72 bits per heavy atom. The largest absolute Gasteiger partial charge is 0.289 e. The maximum atomic E-state index is 12.9. The highest BCUT2D eigenvalue weighted by Gasteiger charge is 2.33. The third-order valence-electron chi connectivity index (χ3n) is 4.38. The minimum atomic E-state index is -0.165. The summed E-state index contributed by atoms with van der Waals surface area (Å²) in [7, 11) is 0. The van der Waals surface area contributed by atoms with Crippen molar-refractivity contribution >= 4 is 11.9 Å². The third kappa shape index (κ3) is 4.92. The van der Waals surface area contributed by atoms with Crippen LogP contribution in [0, 0.1) is 17.8 Å². The van der Waals surface area contributed by atoms with Gasteiger partial charge in [-0.2, -0.15) is 0 Å². The molecular weight excluding hydrogens is 304 g/mol. The molecule has 0 radical (unpaired) electrons. The summed E-state index contributed by atoms with van der Waals surface area (Å²) in [6.07, 6.45) is 10.3. The minimum Gasteiger partial charge on any atom is -0.289 e. The van der Waals surface area contributed by atoms with Crippen LogP contribution in [0.2, 0.25) is 0 Å². The van der Waals surface area contributed by atoms with E-state index in [1.54, 1.807) is 0 Å². The number of benzene rings is 1. The molecule has 1 aromatic rings. The van der Waals surface area contributed by atoms with E-state index in [1.807, 2.05) is 12.2 Å². The van der Waals surface area contributed by atoms with Crippen LogP contribution in [0.3, 0.4) is 0 Å². The van der Waals surface area contributed by atoms with Crippen molar-refractivity contribution in [3.63, 3.8) is 0 Å². The van der Waals surface area contributed by atoms with E-state index in [0.717, 1.165) is 16.7 Å². The van der Waals surface area contributed by atoms with Crippen molar-refractivity contribution in [2.24, 2.45) is 10.8 Å². The van der Waals surface area contributed by atoms with Crippen LogP contribution in [0.25, 0.3) is 6.08 Å². The van der Waals surface area contributed by atoms with Gasteiger partial charge in [0.15, 0.2) is 5.78 Å². The third-order valence-corrected chi connectivity index (χ3v) is 4.38. The zero-order valence-corrected chi connectivity index (χ0v) is 16.6. The molecule has 1 heteroatoms. The SMILES string of the molecule is Cc1ccc(/C=C/C=C2C=C(C(C)(C)C)C(=O)C(C(C)(C)C)=C2)cc1. The molecule has 0 fully saturated rings. The maximum absolute atomic E-state index is 12.9. The van der Waals surface area contributed by atoms with Crippen LogP contribution in [0.1, 0.15) is 52.7 Å². The predicted octanol–water partition coefficient (Wildman–Crippen LogP) is 6.46. The van der Waals surface area contributed by atoms with Gasteiger partial charge in [0.1, 0.15) is 0 Å². The van der Waals surface area contributed by atoms with Gasteiger partial charge in [-0.3, -0.25) is 4.79 Å². The molecule has 0 amide bonds. The molecule has 0 atom stereocenters. The molecule has 0 spiro atoms. The van der Waals surface area contributed by atoms with E-state index >= 15 is 0 Å². The Balaban J connectivity index is 2.39. The van der Waals surface area contributed by atoms with Gasteiger partial charge in [-0.1, -0.05) is 89.6 Å². The molecule has 0 saturated carbocycles. The van der Waals surface area contributed by atoms with Crippen LogP contribution in [0.4, 0.5) is 0 Å². The molecule has 0 unspecified atom stereocenters. The number of Topliss-reactive ketones (excluding diaryl/α,β-unsaturated/α-hetero) is 1. The van der Waals surface area contributed by atoms with Crippen molar-refractivity contribution in [2.75, 3.05) is 0 Å². The lowest BCUT2D eigenvalue weighted by Crippen LogP contribution is -2.27. The van der Waals surface area contributed by atoms with E-state index in [4.69, 9.17) is 0 Å². The highest BCUT2D eigenvalue weighted by Crippen LogP contribution is 2.38. The van der Waals surface area contributed by atoms with Gasteiger partial charge in [-0.25, -0.2) is 0 Å². The van der Waals surface area contributed by atoms with Crippen molar-refractivity contribution in [1.29, 1.82) is 0 Å². The van der Waals surface area contributed by atoms with Crippen LogP contribution in [-0.4, -0.2) is 5.78 Å². The summed E-state index contributed by atoms with van der Waals surface area (Å²) in [4.78, 5) is 12.9. The molecule has 0 heterocycles. The Labute approximate surface area is 152 Å². The quantitative estimate of drug-likeness (QED) is 0.606. The van der Waals surface area contributed by atoms with Gasteiger partial charge in [-0.15, -0.1) is 0 Å². The Hall–Kier alpha value is -2.15. The number of allylic oxidation sites excluding steroid dienone is 7. The highest BCUT2D eigenvalue weighted by atomic mass is 16.1. The van der Waals surface area contributed by atoms with Crippen LogP contribution < -0.4 is 0 Å². The molecular formula is C24H30O. The first-order valence-electron chi connectivity index (χ1n) is 8.92. The Kier molecular flexibility index (Phi) is 5.37. The summed E-state index contributed by atoms with van der Waals surface area (Å²) in [5.41, 5.74) is 4.96. The van der Waals surface area contributed by atoms with Crippen molar-refractivity contribution in [3.05, 3.63) is 76.4 Å². The molecule has 0 saturated heterocycles. The first-order chi connectivity index (χ1) is 11.5. The average molecular weight is 335 g/mol. The summed E-state index contributed by atoms with van der Waals surface area (Å²) in [6.45, 7) is 14.7. The lowest BCUT2D eigenvalue weighted by Gasteiger charge is -2.31. The molecule has 0 aromatic heterocycles. The van der Waals surface area contributed by atoms with Crippen LogP contribution in [0.15, 0.2) is 65.3 Å². The number of rotatable bonds is 2. The number of ketones is 1. The number of carbonyl (C=O) groups excluding carboxylic acids is 1. The molecule has 1 aliphatic carbocycles. The molecule has 0 aliphatic heterocycles. The zero-order chi connectivity index (χ0) is 18.8. The molecule has 2 rings (SSSR count). The lowest BCUT2D eigenvalue weighted by molar-refractivity contribution is -0.114. The average Bonchev–Trinajstić information content (AvgIpc) is 2.48. The maximum Gasteiger partial charge on any atom is 0.186 e. The molecule has 1 aromatic carbocycles. The Morgan fingerprint density at radius 1 is 0.800 bits per heavy atom. The van der Waals surface area contributed by atoms with Crippen LogP contribution in [-0.2, 0) is 4.79 Å². The predicted molar refractivity (Wildman–Crippen MR) is 108 cm³/mol. The van der Waals surface area contributed by atoms with Crippen molar-refractivity contribution in [2.45, 2.75) is 48.5 Å². The van der Waals surface area contributed by atoms with Gasteiger partial charge >= 0.3 is 0 Å². The monoisotopic (exact) mass is 334 g/mol. The second-order valence-corrected chi connectivity index (χ2v) is 8.88. The van der Waals surface area contributed by atoms with Gasteiger partial charge in [0, 0.05) is 11.1 Å². The zero-order valence-electron chi connectivity index (χ0n) is 16.6. The normalized spacial score (nSPS) is 16.1. The summed E-state index contributed by atoms with van der Waals surface area (Å²) in [6, 6.07) is 8.45. The molecule has 132 valence electrons. The number of hydrogen-bond acceptors (Lipinski definition) is 1. The first-order valence-corrected chi connectivity index (χ1v) is 8.92. The van der Waals surface area contributed by atoms with Crippen LogP contribution >= 0.6 is 0 Å². The summed E-state index contributed by atoms with van der Waals surface area (Å²) >= 11 is 0. The summed E-state index contributed by atoms with van der Waals surface area (Å²) in [5.74, 6) is 0.180. The molecule has 1 aliphatic rings. The first kappa shape index (κ1) is 19.2. The van der Waals surface area contributed by atoms with Gasteiger partial charge in [-0.05, 0) is 41.0 Å². The summed E-state index contributed by atoms with van der Waals surface area (Å²) < 4.78 is 0. The fourth-order valence-electron chi connectivity index (χ4n) is 2.81. The number of hydrogen-bond donors (Lipinski definition) is 0. The van der Waals surface area contributed by atoms with Gasteiger partial charge in [0.2, 0.25) is 0 Å². The molecule has 0 N–H and O–H groups in total. The summed E-state index contributed by atoms with van der Waals surface area (Å²) in [5, 5.41) is 0. The Morgan fingerprint density at radius 2 is 1.28 bits per heavy atom. The highest BCUT2D eigenvalue weighted by molar-refractivity contribution is 6.11. The van der Waals surface area contributed by atoms with E-state index in [9.17, 15) is 4.79 Å². The number of aryl methyl sites for hydroxylation is 1. The second-order valence-electron chi connectivity index (χ2n) is 8.88. The molecule has 1 nitrogen and oxygen atoms in total. The van der Waals surface area contributed by atoms with E-state index in [1.165, 1.54) is 11.1 Å². The number of carbonyl (C=O) groups is 1. The topological polar surface area (TPSA) is 17.1 Å². The second kappa shape index (κ2) is 7.00. The fourth-order valence-corrected chi connectivity index (χ4v) is 2.81. The Bertz CT molecular complexity index is 731. The van der Waals surface area contributed by atoms with Crippen molar-refractivity contribution in [1.82, 2.24) is 0 Å². The van der Waals surface area contributed by atoms with Crippen molar-refractivity contribution < 1.29 is 4.79 Å². The van der Waals surface area contributed by atoms with E-state index < -0.39 is 0 Å². The van der Waals surface area contributed by atoms with E-state index in [0.29, 0.717) is 0 Å². The van der Waals surface area contributed by atoms with Gasteiger partial charge < -0.3 is 0 Å². The van der Waals surface area contributed by atoms with E-state index in [2.05, 4.69) is 91.0 Å². The lowest BCUT2D eigenvalue weighted by atomic mass is 9.72. The van der Waals surface area contributed by atoms with Gasteiger partial charge in [0.25, 0.3) is 0 Å². The van der Waals surface area contributed by atoms with Crippen LogP contribution in [0.5, 0.6) is 0 Å². The molecule has 0 bridgehead atoms. The molecule has 25 heavy (non-hydrogen) atoms. The van der Waals surface area contributed by atoms with Gasteiger partial charge in [0.05, 0.1) is 0 Å². The minimum absolute atomic E-state index is 0.165. The fraction of sp³-hybridized carbons (Fsp3) is 0.375. The van der Waals surface area contributed by atoms with E-state index in [-0.39, 0.29) is 16.6 Å². The van der Waals surface area contributed by atoms with Crippen molar-refractivity contribution in [3.8, 4) is 0 Å². The standard InChI is InChI=1S/C24H30O/c1-17-11-13-18(14-12-17)9-8-10-19-15-20(23(2,3)4)22(25)21(16-19)24(5,6)7/h8-16H,1-7H3/b9-8+.